The minimum absolute atomic E-state index is 0.0183. The average molecular weight is 444 g/mol. The van der Waals surface area contributed by atoms with Gasteiger partial charge in [-0.2, -0.15) is 0 Å². The summed E-state index contributed by atoms with van der Waals surface area (Å²) in [5.41, 5.74) is 1.54. The normalized spacial score (nSPS) is 30.6. The molecule has 0 spiro atoms. The molecular weight excluding hydrogens is 414 g/mol. The van der Waals surface area contributed by atoms with Crippen LogP contribution in [0.2, 0.25) is 0 Å². The van der Waals surface area contributed by atoms with E-state index in [1.807, 2.05) is 18.2 Å². The first-order chi connectivity index (χ1) is 13.5. The largest absolute Gasteiger partial charge is 0.497 e. The van der Waals surface area contributed by atoms with Gasteiger partial charge in [-0.25, -0.2) is 0 Å². The molecule has 2 fully saturated rings. The predicted molar refractivity (Wildman–Crippen MR) is 117 cm³/mol. The monoisotopic (exact) mass is 443 g/mol. The Morgan fingerprint density at radius 2 is 1.93 bits per heavy atom. The lowest BCUT2D eigenvalue weighted by atomic mass is 9.54. The molecule has 0 radical (unpaired) electrons. The topological polar surface area (TPSA) is 32.7 Å². The van der Waals surface area contributed by atoms with Crippen LogP contribution in [0.3, 0.4) is 0 Å². The Balaban J connectivity index is 1.77. The van der Waals surface area contributed by atoms with Gasteiger partial charge in [0.1, 0.15) is 5.75 Å². The quantitative estimate of drug-likeness (QED) is 0.712. The van der Waals surface area contributed by atoms with Crippen LogP contribution < -0.4 is 4.74 Å². The first-order valence-electron chi connectivity index (χ1n) is 10.3. The minimum atomic E-state index is -0.794. The summed E-state index contributed by atoms with van der Waals surface area (Å²) < 4.78 is 6.56. The molecule has 1 saturated heterocycles. The molecular formula is C24H30BrNO2. The summed E-state index contributed by atoms with van der Waals surface area (Å²) in [6, 6.07) is 16.8. The zero-order valence-corrected chi connectivity index (χ0v) is 18.4. The van der Waals surface area contributed by atoms with Crippen molar-refractivity contribution in [1.82, 2.24) is 4.90 Å². The van der Waals surface area contributed by atoms with Crippen molar-refractivity contribution in [2.75, 3.05) is 26.7 Å². The lowest BCUT2D eigenvalue weighted by Crippen LogP contribution is -2.56. The standard InChI is InChI=1S/C24H30BrNO2/c1-3-26-13-12-23(18-6-5-9-22(15-18)28-2)17-24(27,11-10-20(23)16-26)19-7-4-8-21(25)14-19/h4-9,14-15,20,27H,3,10-13,16-17H2,1-2H3/t20-,23+,24?/m0/s1. The highest BCUT2D eigenvalue weighted by molar-refractivity contribution is 9.10. The van der Waals surface area contributed by atoms with Crippen LogP contribution >= 0.6 is 15.9 Å². The van der Waals surface area contributed by atoms with Gasteiger partial charge in [-0.15, -0.1) is 0 Å². The molecule has 4 rings (SSSR count). The predicted octanol–water partition coefficient (Wildman–Crippen LogP) is 5.11. The number of piperidine rings is 1. The number of likely N-dealkylation sites (tertiary alicyclic amines) is 1. The van der Waals surface area contributed by atoms with Gasteiger partial charge in [0.2, 0.25) is 0 Å². The van der Waals surface area contributed by atoms with Gasteiger partial charge in [0, 0.05) is 16.4 Å². The van der Waals surface area contributed by atoms with E-state index in [-0.39, 0.29) is 5.41 Å². The van der Waals surface area contributed by atoms with E-state index in [0.29, 0.717) is 5.92 Å². The van der Waals surface area contributed by atoms with Gasteiger partial charge in [0.05, 0.1) is 12.7 Å². The van der Waals surface area contributed by atoms with E-state index >= 15 is 0 Å². The number of benzene rings is 2. The molecule has 150 valence electrons. The number of halogens is 1. The highest BCUT2D eigenvalue weighted by atomic mass is 79.9. The smallest absolute Gasteiger partial charge is 0.119 e. The van der Waals surface area contributed by atoms with Gasteiger partial charge in [0.25, 0.3) is 0 Å². The van der Waals surface area contributed by atoms with Crippen LogP contribution in [0.5, 0.6) is 5.75 Å². The molecule has 2 aromatic carbocycles. The van der Waals surface area contributed by atoms with Crippen molar-refractivity contribution in [2.45, 2.75) is 43.6 Å². The fourth-order valence-corrected chi connectivity index (χ4v) is 5.89. The SMILES string of the molecule is CCN1CC[C@]2(c3cccc(OC)c3)CC(O)(c3cccc(Br)c3)CC[C@H]2C1. The highest BCUT2D eigenvalue weighted by Crippen LogP contribution is 2.55. The molecule has 3 atom stereocenters. The van der Waals surface area contributed by atoms with E-state index in [1.165, 1.54) is 5.56 Å². The molecule has 2 aromatic rings. The molecule has 1 aliphatic carbocycles. The summed E-state index contributed by atoms with van der Waals surface area (Å²) in [4.78, 5) is 2.56. The van der Waals surface area contributed by atoms with E-state index < -0.39 is 5.60 Å². The summed E-state index contributed by atoms with van der Waals surface area (Å²) >= 11 is 3.58. The lowest BCUT2D eigenvalue weighted by molar-refractivity contribution is -0.0764. The third-order valence-electron chi connectivity index (χ3n) is 7.10. The van der Waals surface area contributed by atoms with Crippen LogP contribution in [-0.4, -0.2) is 36.8 Å². The van der Waals surface area contributed by atoms with Crippen LogP contribution in [0, 0.1) is 5.92 Å². The van der Waals surface area contributed by atoms with E-state index in [0.717, 1.165) is 61.1 Å². The van der Waals surface area contributed by atoms with Gasteiger partial charge in [0.15, 0.2) is 0 Å². The zero-order chi connectivity index (χ0) is 19.8. The molecule has 1 unspecified atom stereocenters. The number of rotatable bonds is 4. The van der Waals surface area contributed by atoms with Crippen LogP contribution in [0.15, 0.2) is 53.0 Å². The molecule has 1 heterocycles. The molecule has 3 nitrogen and oxygen atoms in total. The van der Waals surface area contributed by atoms with E-state index in [2.05, 4.69) is 58.1 Å². The van der Waals surface area contributed by atoms with E-state index in [9.17, 15) is 5.11 Å². The summed E-state index contributed by atoms with van der Waals surface area (Å²) in [5, 5.41) is 11.8. The molecule has 1 aliphatic heterocycles. The zero-order valence-electron chi connectivity index (χ0n) is 16.8. The number of nitrogens with zero attached hydrogens (tertiary/aromatic N) is 1. The maximum absolute atomic E-state index is 11.8. The number of hydrogen-bond acceptors (Lipinski definition) is 3. The Bertz CT molecular complexity index is 841. The molecule has 1 N–H and O–H groups in total. The molecule has 28 heavy (non-hydrogen) atoms. The van der Waals surface area contributed by atoms with Crippen molar-refractivity contribution in [3.63, 3.8) is 0 Å². The molecule has 0 aromatic heterocycles. The molecule has 2 aliphatic rings. The number of methoxy groups -OCH3 is 1. The van der Waals surface area contributed by atoms with E-state index in [1.54, 1.807) is 7.11 Å². The van der Waals surface area contributed by atoms with Gasteiger partial charge >= 0.3 is 0 Å². The summed E-state index contributed by atoms with van der Waals surface area (Å²) in [6.07, 6.45) is 3.70. The number of fused-ring (bicyclic) bond motifs is 1. The Hall–Kier alpha value is -1.36. The van der Waals surface area contributed by atoms with Gasteiger partial charge in [-0.3, -0.25) is 0 Å². The Morgan fingerprint density at radius 3 is 2.68 bits per heavy atom. The van der Waals surface area contributed by atoms with Crippen molar-refractivity contribution in [3.8, 4) is 5.75 Å². The minimum Gasteiger partial charge on any atom is -0.497 e. The van der Waals surface area contributed by atoms with Crippen molar-refractivity contribution >= 4 is 15.9 Å². The van der Waals surface area contributed by atoms with Crippen molar-refractivity contribution in [2.24, 2.45) is 5.92 Å². The number of hydrogen-bond donors (Lipinski definition) is 1. The van der Waals surface area contributed by atoms with Gasteiger partial charge < -0.3 is 14.7 Å². The molecule has 1 saturated carbocycles. The molecule has 0 bridgehead atoms. The highest BCUT2D eigenvalue weighted by Gasteiger charge is 2.53. The van der Waals surface area contributed by atoms with Gasteiger partial charge in [-0.1, -0.05) is 47.1 Å². The average Bonchev–Trinajstić information content (AvgIpc) is 2.73. The first kappa shape index (κ1) is 19.9. The lowest BCUT2D eigenvalue weighted by Gasteiger charge is -2.55. The molecule has 4 heteroatoms. The fourth-order valence-electron chi connectivity index (χ4n) is 5.49. The van der Waals surface area contributed by atoms with Gasteiger partial charge in [-0.05, 0) is 80.1 Å². The first-order valence-corrected chi connectivity index (χ1v) is 11.1. The van der Waals surface area contributed by atoms with Crippen LogP contribution in [0.4, 0.5) is 0 Å². The second-order valence-corrected chi connectivity index (χ2v) is 9.40. The van der Waals surface area contributed by atoms with E-state index in [4.69, 9.17) is 4.74 Å². The number of aliphatic hydroxyl groups is 1. The Kier molecular flexibility index (Phi) is 5.56. The third-order valence-corrected chi connectivity index (χ3v) is 7.60. The summed E-state index contributed by atoms with van der Waals surface area (Å²) in [5.74, 6) is 1.46. The maximum atomic E-state index is 11.8. The summed E-state index contributed by atoms with van der Waals surface area (Å²) in [6.45, 7) is 5.54. The fraction of sp³-hybridized carbons (Fsp3) is 0.500. The Labute approximate surface area is 176 Å². The van der Waals surface area contributed by atoms with Crippen molar-refractivity contribution in [1.29, 1.82) is 0 Å². The molecule has 0 amide bonds. The van der Waals surface area contributed by atoms with Crippen LogP contribution in [-0.2, 0) is 11.0 Å². The Morgan fingerprint density at radius 1 is 1.14 bits per heavy atom. The maximum Gasteiger partial charge on any atom is 0.119 e. The van der Waals surface area contributed by atoms with Crippen molar-refractivity contribution < 1.29 is 9.84 Å². The number of ether oxygens (including phenoxy) is 1. The van der Waals surface area contributed by atoms with Crippen LogP contribution in [0.1, 0.15) is 43.7 Å². The third kappa shape index (κ3) is 3.51. The van der Waals surface area contributed by atoms with Crippen LogP contribution in [0.25, 0.3) is 0 Å². The summed E-state index contributed by atoms with van der Waals surface area (Å²) in [7, 11) is 1.73. The second kappa shape index (κ2) is 7.81. The van der Waals surface area contributed by atoms with Crippen molar-refractivity contribution in [3.05, 3.63) is 64.1 Å². The second-order valence-electron chi connectivity index (χ2n) is 8.49.